The van der Waals surface area contributed by atoms with Crippen LogP contribution >= 0.6 is 0 Å². The lowest BCUT2D eigenvalue weighted by Crippen LogP contribution is -2.53. The molecule has 6 nitrogen and oxygen atoms in total. The van der Waals surface area contributed by atoms with E-state index < -0.39 is 11.9 Å². The quantitative estimate of drug-likeness (QED) is 0.340. The van der Waals surface area contributed by atoms with Crippen molar-refractivity contribution in [3.63, 3.8) is 0 Å². The summed E-state index contributed by atoms with van der Waals surface area (Å²) >= 11 is 0. The molecule has 0 radical (unpaired) electrons. The average Bonchev–Trinajstić information content (AvgIpc) is 3.37. The monoisotopic (exact) mass is 460 g/mol. The molecule has 0 N–H and O–H groups in total. The molecule has 5 aliphatic rings. The van der Waals surface area contributed by atoms with Crippen molar-refractivity contribution in [2.45, 2.75) is 103 Å². The van der Waals surface area contributed by atoms with E-state index in [1.54, 1.807) is 0 Å². The summed E-state index contributed by atoms with van der Waals surface area (Å²) in [6.07, 6.45) is 11.6. The van der Waals surface area contributed by atoms with Crippen molar-refractivity contribution >= 4 is 17.9 Å². The van der Waals surface area contributed by atoms with Crippen molar-refractivity contribution < 1.29 is 28.6 Å². The fraction of sp³-hybridized carbons (Fsp3) is 0.889. The SMILES string of the molecule is COC(=O)CC(=O)O[C@@H]1CC[C@@]2(C)[C@@H](CC[C@H]3[C@@H]4CC[C@H]([C@]5(C)CCC(=O)O5)[C@H]4CC[C@@H]32)C1. The van der Waals surface area contributed by atoms with Gasteiger partial charge in [-0.05, 0) is 106 Å². The molecule has 1 saturated heterocycles. The van der Waals surface area contributed by atoms with Crippen LogP contribution in [0.4, 0.5) is 0 Å². The minimum absolute atomic E-state index is 0.00768. The minimum atomic E-state index is -0.533. The molecule has 0 aromatic heterocycles. The van der Waals surface area contributed by atoms with Gasteiger partial charge in [0.1, 0.15) is 18.1 Å². The first-order valence-electron chi connectivity index (χ1n) is 13.2. The van der Waals surface area contributed by atoms with Crippen LogP contribution in [0.15, 0.2) is 0 Å². The van der Waals surface area contributed by atoms with Crippen LogP contribution in [0.25, 0.3) is 0 Å². The Balaban J connectivity index is 1.23. The Morgan fingerprint density at radius 2 is 1.61 bits per heavy atom. The summed E-state index contributed by atoms with van der Waals surface area (Å²) in [6.45, 7) is 4.70. The van der Waals surface area contributed by atoms with Gasteiger partial charge in [-0.3, -0.25) is 14.4 Å². The molecule has 6 heteroatoms. The number of carbonyl (C=O) groups is 3. The summed E-state index contributed by atoms with van der Waals surface area (Å²) in [5.41, 5.74) is 0.0809. The number of rotatable bonds is 4. The zero-order chi connectivity index (χ0) is 23.4. The molecule has 0 unspecified atom stereocenters. The van der Waals surface area contributed by atoms with Gasteiger partial charge in [-0.2, -0.15) is 0 Å². The number of carbonyl (C=O) groups excluding carboxylic acids is 3. The van der Waals surface area contributed by atoms with Crippen molar-refractivity contribution in [2.24, 2.45) is 40.9 Å². The van der Waals surface area contributed by atoms with Gasteiger partial charge in [0.05, 0.1) is 7.11 Å². The van der Waals surface area contributed by atoms with Gasteiger partial charge in [0.2, 0.25) is 0 Å². The third-order valence-electron chi connectivity index (χ3n) is 10.7. The largest absolute Gasteiger partial charge is 0.469 e. The average molecular weight is 461 g/mol. The van der Waals surface area contributed by atoms with Crippen LogP contribution in [-0.4, -0.2) is 36.7 Å². The Labute approximate surface area is 197 Å². The predicted octanol–water partition coefficient (Wildman–Crippen LogP) is 4.83. The number of esters is 3. The maximum atomic E-state index is 12.1. The lowest BCUT2D eigenvalue weighted by Gasteiger charge is -2.59. The molecule has 5 rings (SSSR count). The van der Waals surface area contributed by atoms with Gasteiger partial charge >= 0.3 is 17.9 Å². The summed E-state index contributed by atoms with van der Waals surface area (Å²) in [4.78, 5) is 35.4. The van der Waals surface area contributed by atoms with Gasteiger partial charge in [0.25, 0.3) is 0 Å². The standard InChI is InChI=1S/C27H40O6/c1-26-12-10-17(32-25(30)15-24(29)31-3)14-16(26)4-5-19-18-6-9-22(20(18)7-8-21(19)26)27(2)13-11-23(28)33-27/h16-22H,4-15H2,1-3H3/t16-,17+,18-,19-,20-,21-,22-,26-,27-/m0/s1. The molecule has 0 spiro atoms. The van der Waals surface area contributed by atoms with E-state index in [0.29, 0.717) is 29.6 Å². The molecule has 33 heavy (non-hydrogen) atoms. The highest BCUT2D eigenvalue weighted by atomic mass is 16.6. The van der Waals surface area contributed by atoms with E-state index in [4.69, 9.17) is 9.47 Å². The smallest absolute Gasteiger partial charge is 0.317 e. The topological polar surface area (TPSA) is 78.9 Å². The molecule has 5 fully saturated rings. The van der Waals surface area contributed by atoms with E-state index in [-0.39, 0.29) is 24.1 Å². The number of hydrogen-bond donors (Lipinski definition) is 0. The highest BCUT2D eigenvalue weighted by molar-refractivity contribution is 5.91. The first-order valence-corrected chi connectivity index (χ1v) is 13.2. The Kier molecular flexibility index (Phi) is 6.01. The van der Waals surface area contributed by atoms with E-state index in [2.05, 4.69) is 18.6 Å². The van der Waals surface area contributed by atoms with Crippen LogP contribution in [0.1, 0.15) is 90.9 Å². The van der Waals surface area contributed by atoms with Crippen LogP contribution in [0, 0.1) is 40.9 Å². The molecular weight excluding hydrogens is 420 g/mol. The fourth-order valence-corrected chi connectivity index (χ4v) is 9.13. The van der Waals surface area contributed by atoms with Gasteiger partial charge < -0.3 is 14.2 Å². The Morgan fingerprint density at radius 1 is 0.909 bits per heavy atom. The van der Waals surface area contributed by atoms with Gasteiger partial charge in [0.15, 0.2) is 0 Å². The summed E-state index contributed by atoms with van der Waals surface area (Å²) in [6, 6.07) is 0. The molecule has 184 valence electrons. The number of cyclic esters (lactones) is 1. The normalized spacial score (nSPS) is 46.5. The highest BCUT2D eigenvalue weighted by Gasteiger charge is 2.59. The zero-order valence-corrected chi connectivity index (χ0v) is 20.5. The summed E-state index contributed by atoms with van der Waals surface area (Å²) < 4.78 is 16.2. The second-order valence-electron chi connectivity index (χ2n) is 12.1. The number of hydrogen-bond acceptors (Lipinski definition) is 6. The third-order valence-corrected chi connectivity index (χ3v) is 10.7. The summed E-state index contributed by atoms with van der Waals surface area (Å²) in [5, 5.41) is 0. The molecular formula is C27H40O6. The van der Waals surface area contributed by atoms with Crippen molar-refractivity contribution in [1.82, 2.24) is 0 Å². The molecule has 9 atom stereocenters. The maximum absolute atomic E-state index is 12.1. The number of fused-ring (bicyclic) bond motifs is 5. The van der Waals surface area contributed by atoms with E-state index in [0.717, 1.165) is 43.4 Å². The van der Waals surface area contributed by atoms with Gasteiger partial charge in [0, 0.05) is 12.3 Å². The molecule has 0 aromatic rings. The molecule has 0 amide bonds. The molecule has 0 aromatic carbocycles. The van der Waals surface area contributed by atoms with Gasteiger partial charge in [-0.15, -0.1) is 0 Å². The van der Waals surface area contributed by atoms with Crippen LogP contribution in [0.2, 0.25) is 0 Å². The third kappa shape index (κ3) is 3.99. The highest BCUT2D eigenvalue weighted by Crippen LogP contribution is 2.65. The van der Waals surface area contributed by atoms with Crippen LogP contribution in [0.3, 0.4) is 0 Å². The summed E-state index contributed by atoms with van der Waals surface area (Å²) in [7, 11) is 1.29. The lowest BCUT2D eigenvalue weighted by molar-refractivity contribution is -0.166. The first-order chi connectivity index (χ1) is 15.7. The fourth-order valence-electron chi connectivity index (χ4n) is 9.13. The Morgan fingerprint density at radius 3 is 2.33 bits per heavy atom. The Hall–Kier alpha value is -1.59. The molecule has 1 aliphatic heterocycles. The van der Waals surface area contributed by atoms with Crippen molar-refractivity contribution in [1.29, 1.82) is 0 Å². The molecule has 0 bridgehead atoms. The maximum Gasteiger partial charge on any atom is 0.317 e. The van der Waals surface area contributed by atoms with E-state index >= 15 is 0 Å². The molecule has 4 aliphatic carbocycles. The van der Waals surface area contributed by atoms with Crippen molar-refractivity contribution in [3.8, 4) is 0 Å². The molecule has 4 saturated carbocycles. The van der Waals surface area contributed by atoms with Gasteiger partial charge in [-0.25, -0.2) is 0 Å². The Bertz CT molecular complexity index is 808. The first kappa shape index (κ1) is 23.2. The van der Waals surface area contributed by atoms with Crippen LogP contribution in [0.5, 0.6) is 0 Å². The van der Waals surface area contributed by atoms with Crippen LogP contribution in [-0.2, 0) is 28.6 Å². The zero-order valence-electron chi connectivity index (χ0n) is 20.5. The van der Waals surface area contributed by atoms with Crippen molar-refractivity contribution in [2.75, 3.05) is 7.11 Å². The second kappa shape index (κ2) is 8.57. The van der Waals surface area contributed by atoms with E-state index in [9.17, 15) is 14.4 Å². The lowest BCUT2D eigenvalue weighted by atomic mass is 9.46. The number of ether oxygens (including phenoxy) is 3. The van der Waals surface area contributed by atoms with Crippen LogP contribution < -0.4 is 0 Å². The summed E-state index contributed by atoms with van der Waals surface area (Å²) in [5.74, 6) is 3.14. The predicted molar refractivity (Wildman–Crippen MR) is 121 cm³/mol. The number of methoxy groups -OCH3 is 1. The van der Waals surface area contributed by atoms with Crippen molar-refractivity contribution in [3.05, 3.63) is 0 Å². The van der Waals surface area contributed by atoms with E-state index in [1.807, 2.05) is 0 Å². The van der Waals surface area contributed by atoms with E-state index in [1.165, 1.54) is 45.6 Å². The second-order valence-corrected chi connectivity index (χ2v) is 12.1. The van der Waals surface area contributed by atoms with Gasteiger partial charge in [-0.1, -0.05) is 6.92 Å². The molecule has 1 heterocycles. The minimum Gasteiger partial charge on any atom is -0.469 e.